The number of nitrogens with one attached hydrogen (secondary N) is 1. The van der Waals surface area contributed by atoms with Gasteiger partial charge in [-0.3, -0.25) is 23.9 Å². The zero-order valence-electron chi connectivity index (χ0n) is 15.0. The normalized spacial score (nSPS) is 19.5. The van der Waals surface area contributed by atoms with Crippen molar-refractivity contribution < 1.29 is 19.1 Å². The maximum atomic E-state index is 14.4. The monoisotopic (exact) mass is 388 g/mol. The molecule has 2 aromatic rings. The largest absolute Gasteiger partial charge is 0.396 e. The number of primary amides is 1. The molecule has 0 aliphatic carbocycles. The third-order valence-corrected chi connectivity index (χ3v) is 4.75. The van der Waals surface area contributed by atoms with Gasteiger partial charge in [0.05, 0.1) is 24.0 Å². The highest BCUT2D eigenvalue weighted by molar-refractivity contribution is 5.93. The molecular formula is C19H21FN4O4. The van der Waals surface area contributed by atoms with E-state index in [0.29, 0.717) is 18.7 Å². The summed E-state index contributed by atoms with van der Waals surface area (Å²) >= 11 is 0. The molecule has 1 aromatic heterocycles. The van der Waals surface area contributed by atoms with E-state index < -0.39 is 23.7 Å². The second kappa shape index (κ2) is 8.32. The first-order valence-electron chi connectivity index (χ1n) is 8.80. The summed E-state index contributed by atoms with van der Waals surface area (Å²) in [4.78, 5) is 37.3. The van der Waals surface area contributed by atoms with Crippen LogP contribution in [0.15, 0.2) is 47.4 Å². The van der Waals surface area contributed by atoms with E-state index in [0.717, 1.165) is 6.07 Å². The van der Waals surface area contributed by atoms with Gasteiger partial charge < -0.3 is 16.2 Å². The molecule has 1 unspecified atom stereocenters. The van der Waals surface area contributed by atoms with E-state index in [9.17, 15) is 23.9 Å². The van der Waals surface area contributed by atoms with Crippen LogP contribution in [0.3, 0.4) is 0 Å². The minimum atomic E-state index is -0.692. The summed E-state index contributed by atoms with van der Waals surface area (Å²) in [7, 11) is 0. The number of hydrogen-bond donors (Lipinski definition) is 3. The van der Waals surface area contributed by atoms with Crippen LogP contribution in [0.1, 0.15) is 6.42 Å². The number of carbonyl (C=O) groups is 2. The van der Waals surface area contributed by atoms with E-state index in [1.54, 1.807) is 17.0 Å². The highest BCUT2D eigenvalue weighted by atomic mass is 19.1. The van der Waals surface area contributed by atoms with E-state index in [2.05, 4.69) is 5.32 Å². The molecule has 0 saturated carbocycles. The zero-order valence-corrected chi connectivity index (χ0v) is 15.0. The molecule has 8 nitrogen and oxygen atoms in total. The number of anilines is 1. The van der Waals surface area contributed by atoms with Crippen LogP contribution >= 0.6 is 0 Å². The Bertz CT molecular complexity index is 946. The number of rotatable bonds is 6. The summed E-state index contributed by atoms with van der Waals surface area (Å²) in [5, 5.41) is 11.7. The molecule has 2 heterocycles. The van der Waals surface area contributed by atoms with Crippen LogP contribution in [0.2, 0.25) is 0 Å². The predicted molar refractivity (Wildman–Crippen MR) is 100 cm³/mol. The predicted octanol–water partition coefficient (Wildman–Crippen LogP) is 0.0832. The standard InChI is InChI=1S/C19H21FN4O4/c20-14-8-13(24-6-2-1-3-18(24)27)4-5-15(14)22-17(26)10-23-9-12(11-25)7-16(23)19(21)28/h1-6,8,12,16,25H,7,9-11H2,(H2,21,28)(H,22,26)/t12-,16?/m0/s1. The molecule has 0 radical (unpaired) electrons. The summed E-state index contributed by atoms with van der Waals surface area (Å²) < 4.78 is 15.7. The summed E-state index contributed by atoms with van der Waals surface area (Å²) in [6.45, 7) is 0.107. The van der Waals surface area contributed by atoms with Crippen molar-refractivity contribution in [1.29, 1.82) is 0 Å². The van der Waals surface area contributed by atoms with Crippen LogP contribution < -0.4 is 16.6 Å². The topological polar surface area (TPSA) is 118 Å². The molecule has 148 valence electrons. The van der Waals surface area contributed by atoms with Crippen LogP contribution in [0.5, 0.6) is 0 Å². The number of benzene rings is 1. The van der Waals surface area contributed by atoms with E-state index in [1.165, 1.54) is 29.0 Å². The Hall–Kier alpha value is -3.04. The highest BCUT2D eigenvalue weighted by Gasteiger charge is 2.36. The number of aromatic nitrogens is 1. The molecule has 2 atom stereocenters. The quantitative estimate of drug-likeness (QED) is 0.648. The Kier molecular flexibility index (Phi) is 5.86. The zero-order chi connectivity index (χ0) is 20.3. The first kappa shape index (κ1) is 19.7. The lowest BCUT2D eigenvalue weighted by Gasteiger charge is -2.21. The number of aliphatic hydroxyl groups excluding tert-OH is 1. The average molecular weight is 388 g/mol. The molecule has 2 amide bonds. The van der Waals surface area contributed by atoms with E-state index in [4.69, 9.17) is 5.73 Å². The summed E-state index contributed by atoms with van der Waals surface area (Å²) in [6, 6.07) is 8.00. The number of nitrogens with zero attached hydrogens (tertiary/aromatic N) is 2. The van der Waals surface area contributed by atoms with Crippen molar-refractivity contribution in [1.82, 2.24) is 9.47 Å². The van der Waals surface area contributed by atoms with Gasteiger partial charge in [0.2, 0.25) is 11.8 Å². The Balaban J connectivity index is 1.70. The molecule has 1 aliphatic heterocycles. The van der Waals surface area contributed by atoms with Gasteiger partial charge in [-0.1, -0.05) is 6.07 Å². The van der Waals surface area contributed by atoms with Gasteiger partial charge in [-0.2, -0.15) is 0 Å². The number of carbonyl (C=O) groups excluding carboxylic acids is 2. The molecule has 1 saturated heterocycles. The lowest BCUT2D eigenvalue weighted by atomic mass is 10.1. The van der Waals surface area contributed by atoms with Crippen molar-refractivity contribution in [2.24, 2.45) is 11.7 Å². The minimum absolute atomic E-state index is 0.0359. The van der Waals surface area contributed by atoms with Gasteiger partial charge in [0.1, 0.15) is 5.82 Å². The SMILES string of the molecule is NC(=O)C1C[C@H](CO)CN1CC(=O)Nc1ccc(-n2ccccc2=O)cc1F. The molecule has 4 N–H and O–H groups in total. The number of hydrogen-bond acceptors (Lipinski definition) is 5. The van der Waals surface area contributed by atoms with Gasteiger partial charge in [0.15, 0.2) is 0 Å². The van der Waals surface area contributed by atoms with Crippen LogP contribution in [-0.2, 0) is 9.59 Å². The van der Waals surface area contributed by atoms with Crippen molar-refractivity contribution in [2.75, 3.05) is 25.0 Å². The van der Waals surface area contributed by atoms with E-state index in [-0.39, 0.29) is 30.3 Å². The maximum Gasteiger partial charge on any atom is 0.255 e. The number of aliphatic hydroxyl groups is 1. The number of likely N-dealkylation sites (tertiary alicyclic amines) is 1. The third kappa shape index (κ3) is 4.26. The fourth-order valence-electron chi connectivity index (χ4n) is 3.37. The number of nitrogens with two attached hydrogens (primary N) is 1. The number of amides is 2. The Morgan fingerprint density at radius 1 is 1.29 bits per heavy atom. The molecule has 1 aliphatic rings. The van der Waals surface area contributed by atoms with Crippen molar-refractivity contribution in [3.63, 3.8) is 0 Å². The molecule has 3 rings (SSSR count). The first-order chi connectivity index (χ1) is 13.4. The highest BCUT2D eigenvalue weighted by Crippen LogP contribution is 2.23. The number of halogens is 1. The molecule has 0 bridgehead atoms. The van der Waals surface area contributed by atoms with Crippen molar-refractivity contribution >= 4 is 17.5 Å². The molecule has 1 fully saturated rings. The Morgan fingerprint density at radius 2 is 2.07 bits per heavy atom. The lowest BCUT2D eigenvalue weighted by Crippen LogP contribution is -2.44. The fraction of sp³-hybridized carbons (Fsp3) is 0.316. The fourth-order valence-corrected chi connectivity index (χ4v) is 3.37. The Labute approximate surface area is 160 Å². The molecular weight excluding hydrogens is 367 g/mol. The average Bonchev–Trinajstić information content (AvgIpc) is 3.07. The van der Waals surface area contributed by atoms with E-state index >= 15 is 0 Å². The summed E-state index contributed by atoms with van der Waals surface area (Å²) in [6.07, 6.45) is 1.90. The third-order valence-electron chi connectivity index (χ3n) is 4.75. The van der Waals surface area contributed by atoms with Crippen molar-refractivity contribution in [3.05, 3.63) is 58.8 Å². The van der Waals surface area contributed by atoms with Gasteiger partial charge in [-0.15, -0.1) is 0 Å². The molecule has 1 aromatic carbocycles. The van der Waals surface area contributed by atoms with Crippen LogP contribution in [0.25, 0.3) is 5.69 Å². The van der Waals surface area contributed by atoms with Crippen LogP contribution in [0.4, 0.5) is 10.1 Å². The Morgan fingerprint density at radius 3 is 2.71 bits per heavy atom. The van der Waals surface area contributed by atoms with Gasteiger partial charge in [-0.25, -0.2) is 4.39 Å². The maximum absolute atomic E-state index is 14.4. The summed E-state index contributed by atoms with van der Waals surface area (Å²) in [5.41, 5.74) is 5.36. The number of pyridine rings is 1. The smallest absolute Gasteiger partial charge is 0.255 e. The van der Waals surface area contributed by atoms with Crippen molar-refractivity contribution in [2.45, 2.75) is 12.5 Å². The summed E-state index contributed by atoms with van der Waals surface area (Å²) in [5.74, 6) is -1.89. The van der Waals surface area contributed by atoms with Crippen molar-refractivity contribution in [3.8, 4) is 5.69 Å². The van der Waals surface area contributed by atoms with Crippen LogP contribution in [-0.4, -0.2) is 52.1 Å². The second-order valence-electron chi connectivity index (χ2n) is 6.75. The second-order valence-corrected chi connectivity index (χ2v) is 6.75. The van der Waals surface area contributed by atoms with Gasteiger partial charge in [0.25, 0.3) is 5.56 Å². The van der Waals surface area contributed by atoms with E-state index in [1.807, 2.05) is 0 Å². The molecule has 28 heavy (non-hydrogen) atoms. The molecule has 0 spiro atoms. The van der Waals surface area contributed by atoms with Gasteiger partial charge >= 0.3 is 0 Å². The van der Waals surface area contributed by atoms with Gasteiger partial charge in [0, 0.05) is 31.5 Å². The minimum Gasteiger partial charge on any atom is -0.396 e. The first-order valence-corrected chi connectivity index (χ1v) is 8.80. The lowest BCUT2D eigenvalue weighted by molar-refractivity contribution is -0.123. The molecule has 9 heteroatoms. The van der Waals surface area contributed by atoms with Crippen LogP contribution in [0, 0.1) is 11.7 Å². The van der Waals surface area contributed by atoms with Gasteiger partial charge in [-0.05, 0) is 30.5 Å².